The van der Waals surface area contributed by atoms with Gasteiger partial charge in [0.15, 0.2) is 0 Å². The summed E-state index contributed by atoms with van der Waals surface area (Å²) in [5.74, 6) is -0.761. The van der Waals surface area contributed by atoms with Crippen LogP contribution in [0.2, 0.25) is 4.34 Å². The quantitative estimate of drug-likeness (QED) is 0.385. The van der Waals surface area contributed by atoms with E-state index in [2.05, 4.69) is 29.4 Å². The fourth-order valence-electron chi connectivity index (χ4n) is 5.02. The number of esters is 1. The van der Waals surface area contributed by atoms with Gasteiger partial charge in [0, 0.05) is 31.7 Å². The van der Waals surface area contributed by atoms with Crippen LogP contribution in [-0.4, -0.2) is 62.0 Å². The van der Waals surface area contributed by atoms with Gasteiger partial charge in [-0.15, -0.1) is 11.3 Å². The van der Waals surface area contributed by atoms with E-state index in [1.807, 2.05) is 11.0 Å². The third-order valence-electron chi connectivity index (χ3n) is 7.04. The molecular weight excluding hydrogens is 498 g/mol. The lowest BCUT2D eigenvalue weighted by atomic mass is 9.95. The predicted octanol–water partition coefficient (Wildman–Crippen LogP) is 4.32. The molecule has 2 atom stereocenters. The standard InChI is InChI=1S/C27H34ClN3O4S/c1-3-35-25(32)7-5-4-6-21-22(29-26(33)23-10-11-24(28)36-23)17-31(27(21)34)20-9-8-18-12-14-30(2)15-13-19(18)16-20/h8-11,16,21-22H,3-7,12-15,17H2,1-2H3,(H,29,33)/t21-,22?/m1/s1. The third-order valence-corrected chi connectivity index (χ3v) is 8.27. The maximum absolute atomic E-state index is 13.6. The average molecular weight is 532 g/mol. The Hall–Kier alpha value is -2.42. The Kier molecular flexibility index (Phi) is 9.04. The number of ether oxygens (including phenoxy) is 1. The van der Waals surface area contributed by atoms with E-state index < -0.39 is 0 Å². The van der Waals surface area contributed by atoms with Gasteiger partial charge in [-0.25, -0.2) is 0 Å². The van der Waals surface area contributed by atoms with Gasteiger partial charge in [0.05, 0.1) is 27.8 Å². The largest absolute Gasteiger partial charge is 0.466 e. The number of thiophene rings is 1. The number of amides is 2. The van der Waals surface area contributed by atoms with E-state index in [1.54, 1.807) is 19.1 Å². The minimum absolute atomic E-state index is 0.0198. The number of halogens is 1. The summed E-state index contributed by atoms with van der Waals surface area (Å²) in [5.41, 5.74) is 3.51. The first kappa shape index (κ1) is 26.6. The second-order valence-electron chi connectivity index (χ2n) is 9.55. The SMILES string of the molecule is CCOC(=O)CCCC[C@H]1C(=O)N(c2ccc3c(c2)CCN(C)CC3)CC1NC(=O)c1ccc(Cl)s1. The van der Waals surface area contributed by atoms with Crippen LogP contribution in [-0.2, 0) is 27.2 Å². The molecule has 194 valence electrons. The smallest absolute Gasteiger partial charge is 0.305 e. The molecule has 36 heavy (non-hydrogen) atoms. The van der Waals surface area contributed by atoms with Crippen LogP contribution < -0.4 is 10.2 Å². The summed E-state index contributed by atoms with van der Waals surface area (Å²) in [6.07, 6.45) is 4.25. The first-order chi connectivity index (χ1) is 17.4. The summed E-state index contributed by atoms with van der Waals surface area (Å²) in [5, 5.41) is 3.09. The van der Waals surface area contributed by atoms with E-state index in [1.165, 1.54) is 22.5 Å². The summed E-state index contributed by atoms with van der Waals surface area (Å²) >= 11 is 7.25. The highest BCUT2D eigenvalue weighted by Gasteiger charge is 2.41. The molecule has 0 spiro atoms. The molecule has 0 bridgehead atoms. The third kappa shape index (κ3) is 6.47. The van der Waals surface area contributed by atoms with Crippen molar-refractivity contribution in [1.82, 2.24) is 10.2 Å². The van der Waals surface area contributed by atoms with Crippen molar-refractivity contribution in [2.45, 2.75) is 51.5 Å². The Bertz CT molecular complexity index is 1100. The van der Waals surface area contributed by atoms with Crippen LogP contribution >= 0.6 is 22.9 Å². The van der Waals surface area contributed by atoms with Gasteiger partial charge in [0.1, 0.15) is 0 Å². The van der Waals surface area contributed by atoms with Crippen molar-refractivity contribution in [3.8, 4) is 0 Å². The van der Waals surface area contributed by atoms with Gasteiger partial charge >= 0.3 is 5.97 Å². The Balaban J connectivity index is 1.49. The Morgan fingerprint density at radius 1 is 1.14 bits per heavy atom. The van der Waals surface area contributed by atoms with Crippen LogP contribution in [0.3, 0.4) is 0 Å². The number of unbranched alkanes of at least 4 members (excludes halogenated alkanes) is 1. The normalized spacial score (nSPS) is 20.2. The lowest BCUT2D eigenvalue weighted by molar-refractivity contribution is -0.143. The van der Waals surface area contributed by atoms with Crippen molar-refractivity contribution in [2.24, 2.45) is 5.92 Å². The second kappa shape index (κ2) is 12.2. The van der Waals surface area contributed by atoms with Crippen molar-refractivity contribution in [3.05, 3.63) is 50.7 Å². The fraction of sp³-hybridized carbons (Fsp3) is 0.519. The number of carbonyl (C=O) groups is 3. The monoisotopic (exact) mass is 531 g/mol. The van der Waals surface area contributed by atoms with E-state index in [9.17, 15) is 14.4 Å². The lowest BCUT2D eigenvalue weighted by Crippen LogP contribution is -2.40. The zero-order chi connectivity index (χ0) is 25.7. The van der Waals surface area contributed by atoms with E-state index in [4.69, 9.17) is 16.3 Å². The van der Waals surface area contributed by atoms with Crippen molar-refractivity contribution < 1.29 is 19.1 Å². The van der Waals surface area contributed by atoms with Gasteiger partial charge in [-0.3, -0.25) is 14.4 Å². The second-order valence-corrected chi connectivity index (χ2v) is 11.3. The Labute approximate surface area is 221 Å². The first-order valence-corrected chi connectivity index (χ1v) is 13.9. The number of likely N-dealkylation sites (N-methyl/N-ethyl adjacent to an activating group) is 1. The highest BCUT2D eigenvalue weighted by Crippen LogP contribution is 2.32. The molecule has 2 aromatic rings. The van der Waals surface area contributed by atoms with Crippen molar-refractivity contribution in [2.75, 3.05) is 38.2 Å². The topological polar surface area (TPSA) is 79.0 Å². The lowest BCUT2D eigenvalue weighted by Gasteiger charge is -2.19. The molecule has 0 saturated carbocycles. The van der Waals surface area contributed by atoms with Gasteiger partial charge in [-0.2, -0.15) is 0 Å². The highest BCUT2D eigenvalue weighted by molar-refractivity contribution is 7.18. The average Bonchev–Trinajstić information content (AvgIpc) is 3.36. The zero-order valence-corrected chi connectivity index (χ0v) is 22.5. The molecule has 0 aliphatic carbocycles. The number of carbonyl (C=O) groups excluding carboxylic acids is 3. The van der Waals surface area contributed by atoms with E-state index >= 15 is 0 Å². The molecule has 9 heteroatoms. The van der Waals surface area contributed by atoms with E-state index in [0.29, 0.717) is 48.0 Å². The van der Waals surface area contributed by atoms with Crippen LogP contribution in [0.4, 0.5) is 5.69 Å². The Morgan fingerprint density at radius 2 is 1.92 bits per heavy atom. The molecule has 2 amide bonds. The van der Waals surface area contributed by atoms with Crippen LogP contribution in [0.5, 0.6) is 0 Å². The number of nitrogens with one attached hydrogen (secondary N) is 1. The number of hydrogen-bond acceptors (Lipinski definition) is 6. The molecule has 0 radical (unpaired) electrons. The van der Waals surface area contributed by atoms with Gasteiger partial charge in [-0.1, -0.05) is 24.1 Å². The molecular formula is C27H34ClN3O4S. The van der Waals surface area contributed by atoms with Gasteiger partial charge in [0.2, 0.25) is 5.91 Å². The number of fused-ring (bicyclic) bond motifs is 1. The molecule has 3 heterocycles. The maximum atomic E-state index is 13.6. The van der Waals surface area contributed by atoms with E-state index in [-0.39, 0.29) is 29.7 Å². The fourth-order valence-corrected chi connectivity index (χ4v) is 5.97. The molecule has 1 aromatic carbocycles. The molecule has 1 N–H and O–H groups in total. The minimum Gasteiger partial charge on any atom is -0.466 e. The number of anilines is 1. The molecule has 1 saturated heterocycles. The predicted molar refractivity (Wildman–Crippen MR) is 143 cm³/mol. The summed E-state index contributed by atoms with van der Waals surface area (Å²) in [6.45, 7) is 4.61. The molecule has 1 fully saturated rings. The number of benzene rings is 1. The molecule has 1 aromatic heterocycles. The van der Waals surface area contributed by atoms with Crippen LogP contribution in [0, 0.1) is 5.92 Å². The van der Waals surface area contributed by atoms with Crippen molar-refractivity contribution >= 4 is 46.4 Å². The summed E-state index contributed by atoms with van der Waals surface area (Å²) in [6, 6.07) is 9.40. The number of hydrogen-bond donors (Lipinski definition) is 1. The van der Waals surface area contributed by atoms with Crippen molar-refractivity contribution in [1.29, 1.82) is 0 Å². The number of nitrogens with zero attached hydrogens (tertiary/aromatic N) is 2. The molecule has 4 rings (SSSR count). The summed E-state index contributed by atoms with van der Waals surface area (Å²) < 4.78 is 5.56. The first-order valence-electron chi connectivity index (χ1n) is 12.7. The van der Waals surface area contributed by atoms with E-state index in [0.717, 1.165) is 31.6 Å². The van der Waals surface area contributed by atoms with Gasteiger partial charge < -0.3 is 19.9 Å². The molecule has 7 nitrogen and oxygen atoms in total. The molecule has 1 unspecified atom stereocenters. The van der Waals surface area contributed by atoms with Crippen molar-refractivity contribution in [3.63, 3.8) is 0 Å². The highest BCUT2D eigenvalue weighted by atomic mass is 35.5. The molecule has 2 aliphatic heterocycles. The summed E-state index contributed by atoms with van der Waals surface area (Å²) in [4.78, 5) is 42.9. The van der Waals surface area contributed by atoms with Gasteiger partial charge in [-0.05, 0) is 75.0 Å². The zero-order valence-electron chi connectivity index (χ0n) is 20.9. The van der Waals surface area contributed by atoms with Crippen LogP contribution in [0.15, 0.2) is 30.3 Å². The van der Waals surface area contributed by atoms with Gasteiger partial charge in [0.25, 0.3) is 5.91 Å². The minimum atomic E-state index is -0.350. The van der Waals surface area contributed by atoms with Crippen LogP contribution in [0.25, 0.3) is 0 Å². The maximum Gasteiger partial charge on any atom is 0.305 e. The number of rotatable bonds is 9. The molecule has 2 aliphatic rings. The van der Waals surface area contributed by atoms with Crippen LogP contribution in [0.1, 0.15) is 53.4 Å². The summed E-state index contributed by atoms with van der Waals surface area (Å²) in [7, 11) is 2.14. The Morgan fingerprint density at radius 3 is 2.64 bits per heavy atom.